The SMILES string of the molecule is O=[N+]([O-])c1nccn1CCCCCCN1CCCCC1. The summed E-state index contributed by atoms with van der Waals surface area (Å²) >= 11 is 0. The number of unbranched alkanes of at least 4 members (excludes halogenated alkanes) is 3. The molecule has 6 heteroatoms. The van der Waals surface area contributed by atoms with Crippen LogP contribution in [-0.2, 0) is 6.54 Å². The van der Waals surface area contributed by atoms with E-state index in [1.807, 2.05) is 0 Å². The van der Waals surface area contributed by atoms with Crippen LogP contribution in [0.5, 0.6) is 0 Å². The van der Waals surface area contributed by atoms with E-state index in [9.17, 15) is 10.1 Å². The third kappa shape index (κ3) is 4.59. The van der Waals surface area contributed by atoms with E-state index in [0.29, 0.717) is 6.54 Å². The number of imidazole rings is 1. The van der Waals surface area contributed by atoms with Crippen molar-refractivity contribution < 1.29 is 4.92 Å². The Hall–Kier alpha value is -1.43. The smallest absolute Gasteiger partial charge is 0.390 e. The zero-order valence-electron chi connectivity index (χ0n) is 12.0. The first-order valence-corrected chi connectivity index (χ1v) is 7.65. The summed E-state index contributed by atoms with van der Waals surface area (Å²) in [5.41, 5.74) is 0. The number of aromatic nitrogens is 2. The van der Waals surface area contributed by atoms with Gasteiger partial charge in [-0.25, -0.2) is 4.57 Å². The predicted octanol–water partition coefficient (Wildman–Crippen LogP) is 2.84. The first-order valence-electron chi connectivity index (χ1n) is 7.65. The van der Waals surface area contributed by atoms with Gasteiger partial charge in [0.05, 0.1) is 6.54 Å². The molecule has 0 aliphatic carbocycles. The molecule has 0 bridgehead atoms. The van der Waals surface area contributed by atoms with E-state index in [2.05, 4.69) is 9.88 Å². The largest absolute Gasteiger partial charge is 0.434 e. The zero-order chi connectivity index (χ0) is 14.2. The normalized spacial score (nSPS) is 16.4. The molecule has 1 aromatic rings. The molecule has 0 amide bonds. The second kappa shape index (κ2) is 7.99. The highest BCUT2D eigenvalue weighted by atomic mass is 16.6. The summed E-state index contributed by atoms with van der Waals surface area (Å²) in [5.74, 6) is -0.0432. The van der Waals surface area contributed by atoms with Crippen LogP contribution in [0.2, 0.25) is 0 Å². The number of piperidine rings is 1. The van der Waals surface area contributed by atoms with Gasteiger partial charge in [0.25, 0.3) is 0 Å². The summed E-state index contributed by atoms with van der Waals surface area (Å²) < 4.78 is 1.63. The van der Waals surface area contributed by atoms with E-state index in [-0.39, 0.29) is 5.95 Å². The third-order valence-electron chi connectivity index (χ3n) is 3.93. The molecule has 2 heterocycles. The van der Waals surface area contributed by atoms with Crippen LogP contribution in [0.4, 0.5) is 5.95 Å². The molecule has 20 heavy (non-hydrogen) atoms. The molecule has 2 rings (SSSR count). The first-order chi connectivity index (χ1) is 9.77. The average Bonchev–Trinajstić information content (AvgIpc) is 2.92. The van der Waals surface area contributed by atoms with Gasteiger partial charge in [0, 0.05) is 0 Å². The minimum absolute atomic E-state index is 0.0432. The lowest BCUT2D eigenvalue weighted by Crippen LogP contribution is -2.30. The highest BCUT2D eigenvalue weighted by molar-refractivity contribution is 5.06. The fourth-order valence-corrected chi connectivity index (χ4v) is 2.80. The van der Waals surface area contributed by atoms with Gasteiger partial charge < -0.3 is 15.0 Å². The molecule has 1 aliphatic heterocycles. The molecule has 112 valence electrons. The topological polar surface area (TPSA) is 64.2 Å². The van der Waals surface area contributed by atoms with Crippen molar-refractivity contribution in [2.75, 3.05) is 19.6 Å². The molecule has 0 saturated carbocycles. The van der Waals surface area contributed by atoms with Crippen molar-refractivity contribution in [2.24, 2.45) is 0 Å². The van der Waals surface area contributed by atoms with Gasteiger partial charge in [-0.3, -0.25) is 0 Å². The number of hydrogen-bond acceptors (Lipinski definition) is 4. The van der Waals surface area contributed by atoms with Gasteiger partial charge in [-0.2, -0.15) is 0 Å². The van der Waals surface area contributed by atoms with Crippen molar-refractivity contribution >= 4 is 5.95 Å². The van der Waals surface area contributed by atoms with Crippen LogP contribution in [0.15, 0.2) is 12.4 Å². The van der Waals surface area contributed by atoms with Gasteiger partial charge >= 0.3 is 5.95 Å². The lowest BCUT2D eigenvalue weighted by atomic mass is 10.1. The number of aryl methyl sites for hydroxylation is 1. The molecule has 1 aliphatic rings. The molecule has 0 atom stereocenters. The Labute approximate surface area is 119 Å². The molecular weight excluding hydrogens is 256 g/mol. The maximum Gasteiger partial charge on any atom is 0.434 e. The van der Waals surface area contributed by atoms with Gasteiger partial charge in [-0.1, -0.05) is 24.2 Å². The van der Waals surface area contributed by atoms with Crippen LogP contribution >= 0.6 is 0 Å². The van der Waals surface area contributed by atoms with Crippen molar-refractivity contribution in [2.45, 2.75) is 51.5 Å². The summed E-state index contributed by atoms with van der Waals surface area (Å²) in [6.07, 6.45) is 11.8. The van der Waals surface area contributed by atoms with E-state index in [1.165, 1.54) is 57.9 Å². The molecule has 6 nitrogen and oxygen atoms in total. The van der Waals surface area contributed by atoms with Crippen LogP contribution in [0.25, 0.3) is 0 Å². The van der Waals surface area contributed by atoms with Gasteiger partial charge in [0.2, 0.25) is 0 Å². The van der Waals surface area contributed by atoms with E-state index < -0.39 is 4.92 Å². The Kier molecular flexibility index (Phi) is 5.98. The van der Waals surface area contributed by atoms with Crippen molar-refractivity contribution in [3.8, 4) is 0 Å². The number of rotatable bonds is 8. The van der Waals surface area contributed by atoms with E-state index >= 15 is 0 Å². The summed E-state index contributed by atoms with van der Waals surface area (Å²) in [5, 5.41) is 10.7. The van der Waals surface area contributed by atoms with E-state index in [0.717, 1.165) is 12.8 Å². The molecule has 0 unspecified atom stereocenters. The lowest BCUT2D eigenvalue weighted by Gasteiger charge is -2.26. The van der Waals surface area contributed by atoms with Crippen molar-refractivity contribution in [3.05, 3.63) is 22.5 Å². The monoisotopic (exact) mass is 280 g/mol. The molecule has 0 radical (unpaired) electrons. The fraction of sp³-hybridized carbons (Fsp3) is 0.786. The number of nitrogens with zero attached hydrogens (tertiary/aromatic N) is 4. The van der Waals surface area contributed by atoms with Gasteiger partial charge in [-0.05, 0) is 50.2 Å². The Bertz CT molecular complexity index is 413. The molecule has 1 saturated heterocycles. The quantitative estimate of drug-likeness (QED) is 0.417. The fourth-order valence-electron chi connectivity index (χ4n) is 2.80. The minimum Gasteiger partial charge on any atom is -0.390 e. The Morgan fingerprint density at radius 3 is 2.50 bits per heavy atom. The maximum absolute atomic E-state index is 10.7. The number of likely N-dealkylation sites (tertiary alicyclic amines) is 1. The van der Waals surface area contributed by atoms with E-state index in [4.69, 9.17) is 0 Å². The predicted molar refractivity (Wildman–Crippen MR) is 77.6 cm³/mol. The van der Waals surface area contributed by atoms with Gasteiger partial charge in [0.15, 0.2) is 0 Å². The number of hydrogen-bond donors (Lipinski definition) is 0. The van der Waals surface area contributed by atoms with Crippen LogP contribution in [0.3, 0.4) is 0 Å². The number of nitro groups is 1. The standard InChI is InChI=1S/C14H24N4O2/c19-18(20)14-15-8-13-17(14)12-7-2-1-4-9-16-10-5-3-6-11-16/h8,13H,1-7,9-12H2. The molecule has 1 aromatic heterocycles. The second-order valence-electron chi connectivity index (χ2n) is 5.49. The van der Waals surface area contributed by atoms with Gasteiger partial charge in [-0.15, -0.1) is 0 Å². The maximum atomic E-state index is 10.7. The average molecular weight is 280 g/mol. The highest BCUT2D eigenvalue weighted by Gasteiger charge is 2.13. The van der Waals surface area contributed by atoms with Crippen LogP contribution < -0.4 is 0 Å². The minimum atomic E-state index is -0.420. The molecule has 1 fully saturated rings. The van der Waals surface area contributed by atoms with Crippen molar-refractivity contribution in [3.63, 3.8) is 0 Å². The second-order valence-corrected chi connectivity index (χ2v) is 5.49. The Balaban J connectivity index is 1.55. The van der Waals surface area contributed by atoms with Crippen molar-refractivity contribution in [1.82, 2.24) is 14.5 Å². The van der Waals surface area contributed by atoms with E-state index in [1.54, 1.807) is 10.8 Å². The Morgan fingerprint density at radius 1 is 1.10 bits per heavy atom. The van der Waals surface area contributed by atoms with Gasteiger partial charge in [0.1, 0.15) is 12.4 Å². The summed E-state index contributed by atoms with van der Waals surface area (Å²) in [4.78, 5) is 16.6. The summed E-state index contributed by atoms with van der Waals surface area (Å²) in [7, 11) is 0. The highest BCUT2D eigenvalue weighted by Crippen LogP contribution is 2.12. The summed E-state index contributed by atoms with van der Waals surface area (Å²) in [6.45, 7) is 4.44. The lowest BCUT2D eigenvalue weighted by molar-refractivity contribution is -0.396. The van der Waals surface area contributed by atoms with Crippen LogP contribution in [0.1, 0.15) is 44.9 Å². The van der Waals surface area contributed by atoms with Crippen LogP contribution in [0, 0.1) is 10.1 Å². The third-order valence-corrected chi connectivity index (χ3v) is 3.93. The first kappa shape index (κ1) is 15.0. The molecule has 0 aromatic carbocycles. The Morgan fingerprint density at radius 2 is 1.80 bits per heavy atom. The summed E-state index contributed by atoms with van der Waals surface area (Å²) in [6, 6.07) is 0. The molecule has 0 N–H and O–H groups in total. The molecule has 0 spiro atoms. The van der Waals surface area contributed by atoms with Crippen molar-refractivity contribution in [1.29, 1.82) is 0 Å². The molecular formula is C14H24N4O2. The zero-order valence-corrected chi connectivity index (χ0v) is 12.0. The van der Waals surface area contributed by atoms with Crippen LogP contribution in [-0.4, -0.2) is 39.0 Å².